The first-order valence-electron chi connectivity index (χ1n) is 7.30. The van der Waals surface area contributed by atoms with Crippen molar-refractivity contribution >= 4 is 11.8 Å². The second kappa shape index (κ2) is 6.83. The van der Waals surface area contributed by atoms with Gasteiger partial charge in [0.05, 0.1) is 5.25 Å². The summed E-state index contributed by atoms with van der Waals surface area (Å²) in [5.74, 6) is 0.647. The van der Waals surface area contributed by atoms with E-state index in [2.05, 4.69) is 20.2 Å². The molecule has 0 spiro atoms. The first kappa shape index (κ1) is 17.4. The van der Waals surface area contributed by atoms with Gasteiger partial charge in [-0.15, -0.1) is 10.2 Å². The lowest BCUT2D eigenvalue weighted by molar-refractivity contribution is -0.141. The molecule has 0 amide bonds. The van der Waals surface area contributed by atoms with E-state index in [1.54, 1.807) is 6.92 Å². The number of halogens is 3. The van der Waals surface area contributed by atoms with Crippen LogP contribution in [0.25, 0.3) is 11.5 Å². The molecule has 2 heterocycles. The third-order valence-electron chi connectivity index (χ3n) is 3.29. The Morgan fingerprint density at radius 1 is 1.08 bits per heavy atom. The molecule has 0 fully saturated rings. The Labute approximate surface area is 145 Å². The number of rotatable bonds is 4. The van der Waals surface area contributed by atoms with Crippen molar-refractivity contribution in [3.63, 3.8) is 0 Å². The van der Waals surface area contributed by atoms with Crippen LogP contribution in [0.15, 0.2) is 46.1 Å². The predicted octanol–water partition coefficient (Wildman–Crippen LogP) is 4.71. The summed E-state index contributed by atoms with van der Waals surface area (Å²) in [6, 6.07) is 8.40. The van der Waals surface area contributed by atoms with Gasteiger partial charge in [0.25, 0.3) is 0 Å². The lowest BCUT2D eigenvalue weighted by atomic mass is 10.1. The van der Waals surface area contributed by atoms with Crippen molar-refractivity contribution in [2.24, 2.45) is 0 Å². The number of hydrogen-bond donors (Lipinski definition) is 0. The summed E-state index contributed by atoms with van der Waals surface area (Å²) in [6.45, 7) is 3.71. The largest absolute Gasteiger partial charge is 0.433 e. The fourth-order valence-electron chi connectivity index (χ4n) is 1.98. The maximum atomic E-state index is 12.7. The van der Waals surface area contributed by atoms with E-state index in [0.29, 0.717) is 11.8 Å². The molecule has 1 atom stereocenters. The number of aromatic nitrogens is 4. The van der Waals surface area contributed by atoms with Crippen LogP contribution in [-0.2, 0) is 6.18 Å². The molecule has 25 heavy (non-hydrogen) atoms. The van der Waals surface area contributed by atoms with Crippen LogP contribution in [0, 0.1) is 6.92 Å². The summed E-state index contributed by atoms with van der Waals surface area (Å²) in [5, 5.41) is 7.56. The fourth-order valence-corrected chi connectivity index (χ4v) is 2.76. The van der Waals surface area contributed by atoms with Gasteiger partial charge in [-0.3, -0.25) is 0 Å². The smallest absolute Gasteiger partial charge is 0.419 e. The Bertz CT molecular complexity index is 864. The molecule has 0 aliphatic heterocycles. The van der Waals surface area contributed by atoms with Crippen LogP contribution < -0.4 is 0 Å². The minimum atomic E-state index is -4.51. The number of thioether (sulfide) groups is 1. The van der Waals surface area contributed by atoms with Crippen LogP contribution in [0.5, 0.6) is 0 Å². The zero-order valence-electron chi connectivity index (χ0n) is 13.3. The van der Waals surface area contributed by atoms with Crippen LogP contribution in [0.4, 0.5) is 13.2 Å². The monoisotopic (exact) mass is 366 g/mol. The molecule has 1 aromatic carbocycles. The van der Waals surface area contributed by atoms with E-state index in [1.807, 2.05) is 31.2 Å². The molecule has 3 rings (SSSR count). The molecule has 0 N–H and O–H groups in total. The third-order valence-corrected chi connectivity index (χ3v) is 4.26. The number of aryl methyl sites for hydroxylation is 1. The zero-order valence-corrected chi connectivity index (χ0v) is 14.1. The molecule has 0 aliphatic carbocycles. The van der Waals surface area contributed by atoms with E-state index >= 15 is 0 Å². The molecule has 0 saturated heterocycles. The standard InChI is InChI=1S/C16H13F3N4OS/c1-9-3-5-11(6-4-9)14-23-22-13(24-14)10(2)25-15-20-8-7-12(21-15)16(17,18)19/h3-8,10H,1-2H3. The van der Waals surface area contributed by atoms with Gasteiger partial charge < -0.3 is 4.42 Å². The first-order valence-corrected chi connectivity index (χ1v) is 8.18. The highest BCUT2D eigenvalue weighted by atomic mass is 32.2. The zero-order chi connectivity index (χ0) is 18.0. The van der Waals surface area contributed by atoms with E-state index in [9.17, 15) is 13.2 Å². The van der Waals surface area contributed by atoms with E-state index in [4.69, 9.17) is 4.42 Å². The average Bonchev–Trinajstić information content (AvgIpc) is 3.05. The number of alkyl halides is 3. The van der Waals surface area contributed by atoms with Gasteiger partial charge in [-0.2, -0.15) is 13.2 Å². The van der Waals surface area contributed by atoms with Crippen molar-refractivity contribution in [2.75, 3.05) is 0 Å². The second-order valence-electron chi connectivity index (χ2n) is 5.29. The van der Waals surface area contributed by atoms with Gasteiger partial charge in [0.2, 0.25) is 11.8 Å². The van der Waals surface area contributed by atoms with Crippen molar-refractivity contribution in [2.45, 2.75) is 30.4 Å². The summed E-state index contributed by atoms with van der Waals surface area (Å²) in [4.78, 5) is 7.38. The Morgan fingerprint density at radius 2 is 1.80 bits per heavy atom. The molecule has 0 bridgehead atoms. The normalized spacial score (nSPS) is 13.0. The van der Waals surface area contributed by atoms with Crippen LogP contribution in [0.3, 0.4) is 0 Å². The van der Waals surface area contributed by atoms with Gasteiger partial charge in [-0.1, -0.05) is 29.5 Å². The van der Waals surface area contributed by atoms with E-state index in [0.717, 1.165) is 35.2 Å². The summed E-state index contributed by atoms with van der Waals surface area (Å²) in [6.07, 6.45) is -3.43. The average molecular weight is 366 g/mol. The van der Waals surface area contributed by atoms with Gasteiger partial charge >= 0.3 is 6.18 Å². The Balaban J connectivity index is 1.76. The molecular weight excluding hydrogens is 353 g/mol. The molecular formula is C16H13F3N4OS. The molecule has 0 aliphatic rings. The van der Waals surface area contributed by atoms with Gasteiger partial charge in [0.15, 0.2) is 5.16 Å². The number of nitrogens with zero attached hydrogens (tertiary/aromatic N) is 4. The molecule has 3 aromatic rings. The molecule has 2 aromatic heterocycles. The van der Waals surface area contributed by atoms with Crippen LogP contribution >= 0.6 is 11.8 Å². The SMILES string of the molecule is Cc1ccc(-c2nnc(C(C)Sc3nccc(C(F)(F)F)n3)o2)cc1. The summed E-state index contributed by atoms with van der Waals surface area (Å²) >= 11 is 1.02. The minimum Gasteiger partial charge on any atom is -0.419 e. The highest BCUT2D eigenvalue weighted by Gasteiger charge is 2.33. The maximum absolute atomic E-state index is 12.7. The molecule has 130 valence electrons. The Morgan fingerprint density at radius 3 is 2.48 bits per heavy atom. The van der Waals surface area contributed by atoms with E-state index in [-0.39, 0.29) is 5.16 Å². The van der Waals surface area contributed by atoms with Crippen molar-refractivity contribution in [1.82, 2.24) is 20.2 Å². The third kappa shape index (κ3) is 4.16. The van der Waals surface area contributed by atoms with Crippen LogP contribution in [0.1, 0.15) is 29.3 Å². The van der Waals surface area contributed by atoms with Gasteiger partial charge in [0.1, 0.15) is 5.69 Å². The maximum Gasteiger partial charge on any atom is 0.433 e. The van der Waals surface area contributed by atoms with Crippen molar-refractivity contribution in [3.8, 4) is 11.5 Å². The van der Waals surface area contributed by atoms with Crippen molar-refractivity contribution < 1.29 is 17.6 Å². The van der Waals surface area contributed by atoms with Gasteiger partial charge in [-0.05, 0) is 32.0 Å². The van der Waals surface area contributed by atoms with Crippen molar-refractivity contribution in [1.29, 1.82) is 0 Å². The quantitative estimate of drug-likeness (QED) is 0.492. The summed E-state index contributed by atoms with van der Waals surface area (Å²) < 4.78 is 43.7. The van der Waals surface area contributed by atoms with E-state index in [1.165, 1.54) is 0 Å². The predicted molar refractivity (Wildman–Crippen MR) is 85.8 cm³/mol. The lowest BCUT2D eigenvalue weighted by Gasteiger charge is -2.08. The highest BCUT2D eigenvalue weighted by molar-refractivity contribution is 7.99. The van der Waals surface area contributed by atoms with Crippen LogP contribution in [-0.4, -0.2) is 20.2 Å². The molecule has 9 heteroatoms. The van der Waals surface area contributed by atoms with E-state index < -0.39 is 17.1 Å². The summed E-state index contributed by atoms with van der Waals surface area (Å²) in [5.41, 5.74) is 0.897. The van der Waals surface area contributed by atoms with Gasteiger partial charge in [-0.25, -0.2) is 9.97 Å². The highest BCUT2D eigenvalue weighted by Crippen LogP contribution is 2.35. The number of benzene rings is 1. The Kier molecular flexibility index (Phi) is 4.76. The van der Waals surface area contributed by atoms with Crippen LogP contribution in [0.2, 0.25) is 0 Å². The topological polar surface area (TPSA) is 64.7 Å². The molecule has 0 saturated carbocycles. The second-order valence-corrected chi connectivity index (χ2v) is 6.60. The minimum absolute atomic E-state index is 0.00240. The number of hydrogen-bond acceptors (Lipinski definition) is 6. The first-order chi connectivity index (χ1) is 11.8. The molecule has 0 radical (unpaired) electrons. The fraction of sp³-hybridized carbons (Fsp3) is 0.250. The molecule has 5 nitrogen and oxygen atoms in total. The Hall–Kier alpha value is -2.42. The van der Waals surface area contributed by atoms with Gasteiger partial charge in [0, 0.05) is 11.8 Å². The summed E-state index contributed by atoms with van der Waals surface area (Å²) in [7, 11) is 0. The molecule has 1 unspecified atom stereocenters. The lowest BCUT2D eigenvalue weighted by Crippen LogP contribution is -2.09. The van der Waals surface area contributed by atoms with Crippen molar-refractivity contribution in [3.05, 3.63) is 53.7 Å².